The van der Waals surface area contributed by atoms with Gasteiger partial charge in [-0.2, -0.15) is 0 Å². The molecule has 0 aromatic heterocycles. The van der Waals surface area contributed by atoms with Crippen LogP contribution in [-0.4, -0.2) is 27.5 Å². The van der Waals surface area contributed by atoms with E-state index in [0.717, 1.165) is 0 Å². The topological polar surface area (TPSA) is 98.5 Å². The molecule has 1 fully saturated rings. The van der Waals surface area contributed by atoms with Crippen molar-refractivity contribution in [1.82, 2.24) is 0 Å². The van der Waals surface area contributed by atoms with Crippen molar-refractivity contribution in [3.8, 4) is 0 Å². The molecule has 110 valence electrons. The van der Waals surface area contributed by atoms with Gasteiger partial charge < -0.3 is 10.1 Å². The largest absolute Gasteiger partial charge is 0.381 e. The molecule has 0 atom stereocenters. The standard InChI is InChI=1S/C12H15BrN2O4S/c13-10-7-9(20(14,17)18)1-2-11(10)15-12(16)8-3-5-19-6-4-8/h1-2,7-8H,3-6H2,(H,15,16)(H2,14,17,18). The average molecular weight is 363 g/mol. The van der Waals surface area contributed by atoms with E-state index < -0.39 is 10.0 Å². The lowest BCUT2D eigenvalue weighted by Crippen LogP contribution is -2.28. The minimum absolute atomic E-state index is 0.00607. The maximum absolute atomic E-state index is 12.1. The number of benzene rings is 1. The Balaban J connectivity index is 2.11. The number of rotatable bonds is 3. The van der Waals surface area contributed by atoms with E-state index >= 15 is 0 Å². The Morgan fingerprint density at radius 2 is 2.00 bits per heavy atom. The van der Waals surface area contributed by atoms with Crippen LogP contribution in [0.5, 0.6) is 0 Å². The second-order valence-electron chi connectivity index (χ2n) is 4.56. The van der Waals surface area contributed by atoms with Crippen molar-refractivity contribution in [2.75, 3.05) is 18.5 Å². The van der Waals surface area contributed by atoms with E-state index in [2.05, 4.69) is 21.2 Å². The third kappa shape index (κ3) is 3.78. The Kier molecular flexibility index (Phi) is 4.79. The van der Waals surface area contributed by atoms with Gasteiger partial charge in [0.25, 0.3) is 0 Å². The van der Waals surface area contributed by atoms with Gasteiger partial charge in [-0.25, -0.2) is 13.6 Å². The number of amides is 1. The van der Waals surface area contributed by atoms with Crippen LogP contribution in [0.3, 0.4) is 0 Å². The molecule has 0 aliphatic carbocycles. The van der Waals surface area contributed by atoms with Crippen molar-refractivity contribution in [2.24, 2.45) is 11.1 Å². The molecular weight excluding hydrogens is 348 g/mol. The zero-order chi connectivity index (χ0) is 14.8. The Morgan fingerprint density at radius 3 is 2.55 bits per heavy atom. The third-order valence-corrected chi connectivity index (χ3v) is 4.69. The summed E-state index contributed by atoms with van der Waals surface area (Å²) in [7, 11) is -3.75. The molecule has 1 aliphatic heterocycles. The van der Waals surface area contributed by atoms with Crippen LogP contribution in [0.25, 0.3) is 0 Å². The van der Waals surface area contributed by atoms with Crippen LogP contribution >= 0.6 is 15.9 Å². The van der Waals surface area contributed by atoms with Crippen LogP contribution in [0.2, 0.25) is 0 Å². The normalized spacial score (nSPS) is 16.9. The van der Waals surface area contributed by atoms with Crippen LogP contribution in [-0.2, 0) is 19.6 Å². The number of hydrogen-bond acceptors (Lipinski definition) is 4. The molecule has 8 heteroatoms. The highest BCUT2D eigenvalue weighted by Gasteiger charge is 2.22. The highest BCUT2D eigenvalue weighted by Crippen LogP contribution is 2.26. The second kappa shape index (κ2) is 6.21. The quantitative estimate of drug-likeness (QED) is 0.850. The molecule has 1 aliphatic rings. The number of carbonyl (C=O) groups is 1. The van der Waals surface area contributed by atoms with Crippen LogP contribution < -0.4 is 10.5 Å². The molecule has 0 spiro atoms. The molecule has 3 N–H and O–H groups in total. The van der Waals surface area contributed by atoms with Crippen LogP contribution in [0, 0.1) is 5.92 Å². The third-order valence-electron chi connectivity index (χ3n) is 3.12. The van der Waals surface area contributed by atoms with E-state index in [9.17, 15) is 13.2 Å². The summed E-state index contributed by atoms with van der Waals surface area (Å²) >= 11 is 3.23. The molecule has 1 heterocycles. The van der Waals surface area contributed by atoms with E-state index in [1.165, 1.54) is 18.2 Å². The zero-order valence-electron chi connectivity index (χ0n) is 10.6. The maximum Gasteiger partial charge on any atom is 0.238 e. The van der Waals surface area contributed by atoms with Crippen molar-refractivity contribution >= 4 is 37.5 Å². The monoisotopic (exact) mass is 362 g/mol. The number of carbonyl (C=O) groups excluding carboxylic acids is 1. The van der Waals surface area contributed by atoms with E-state index in [1.54, 1.807) is 0 Å². The van der Waals surface area contributed by atoms with Gasteiger partial charge in [-0.05, 0) is 47.0 Å². The first-order valence-electron chi connectivity index (χ1n) is 6.09. The van der Waals surface area contributed by atoms with Crippen molar-refractivity contribution in [3.63, 3.8) is 0 Å². The SMILES string of the molecule is NS(=O)(=O)c1ccc(NC(=O)C2CCOCC2)c(Br)c1. The van der Waals surface area contributed by atoms with E-state index in [4.69, 9.17) is 9.88 Å². The minimum Gasteiger partial charge on any atom is -0.381 e. The lowest BCUT2D eigenvalue weighted by Gasteiger charge is -2.21. The average Bonchev–Trinajstić information content (AvgIpc) is 2.41. The van der Waals surface area contributed by atoms with Gasteiger partial charge in [0.15, 0.2) is 0 Å². The van der Waals surface area contributed by atoms with Crippen molar-refractivity contribution in [1.29, 1.82) is 0 Å². The maximum atomic E-state index is 12.1. The van der Waals surface area contributed by atoms with Gasteiger partial charge >= 0.3 is 0 Å². The fourth-order valence-corrected chi connectivity index (χ4v) is 3.14. The van der Waals surface area contributed by atoms with E-state index in [0.29, 0.717) is 36.2 Å². The molecule has 0 bridgehead atoms. The summed E-state index contributed by atoms with van der Waals surface area (Å²) in [6, 6.07) is 4.25. The number of primary sulfonamides is 1. The van der Waals surface area contributed by atoms with Gasteiger partial charge in [-0.1, -0.05) is 0 Å². The number of anilines is 1. The summed E-state index contributed by atoms with van der Waals surface area (Å²) < 4.78 is 28.1. The molecule has 1 saturated heterocycles. The zero-order valence-corrected chi connectivity index (χ0v) is 13.0. The molecule has 1 amide bonds. The molecule has 20 heavy (non-hydrogen) atoms. The first kappa shape index (κ1) is 15.4. The number of ether oxygens (including phenoxy) is 1. The van der Waals surface area contributed by atoms with Crippen LogP contribution in [0.1, 0.15) is 12.8 Å². The molecule has 1 aromatic rings. The number of hydrogen-bond donors (Lipinski definition) is 2. The van der Waals surface area contributed by atoms with Gasteiger partial charge in [0, 0.05) is 23.6 Å². The fraction of sp³-hybridized carbons (Fsp3) is 0.417. The molecule has 0 unspecified atom stereocenters. The lowest BCUT2D eigenvalue weighted by atomic mass is 9.99. The highest BCUT2D eigenvalue weighted by molar-refractivity contribution is 9.10. The summed E-state index contributed by atoms with van der Waals surface area (Å²) in [5.41, 5.74) is 0.522. The van der Waals surface area contributed by atoms with Gasteiger partial charge in [0.05, 0.1) is 10.6 Å². The molecule has 2 rings (SSSR count). The summed E-state index contributed by atoms with van der Waals surface area (Å²) in [5.74, 6) is -0.161. The van der Waals surface area contributed by atoms with Crippen molar-refractivity contribution in [3.05, 3.63) is 22.7 Å². The summed E-state index contributed by atoms with van der Waals surface area (Å²) in [6.07, 6.45) is 1.39. The predicted molar refractivity (Wildman–Crippen MR) is 77.7 cm³/mol. The first-order valence-corrected chi connectivity index (χ1v) is 8.43. The lowest BCUT2D eigenvalue weighted by molar-refractivity contribution is -0.122. The molecule has 0 radical (unpaired) electrons. The Hall–Kier alpha value is -0.960. The fourth-order valence-electron chi connectivity index (χ4n) is 1.97. The predicted octanol–water partition coefficient (Wildman–Crippen LogP) is 1.46. The minimum atomic E-state index is -3.75. The Labute approximate surface area is 125 Å². The Morgan fingerprint density at radius 1 is 1.35 bits per heavy atom. The molecule has 6 nitrogen and oxygen atoms in total. The van der Waals surface area contributed by atoms with Gasteiger partial charge in [0.2, 0.25) is 15.9 Å². The van der Waals surface area contributed by atoms with E-state index in [1.807, 2.05) is 0 Å². The summed E-state index contributed by atoms with van der Waals surface area (Å²) in [4.78, 5) is 12.1. The van der Waals surface area contributed by atoms with E-state index in [-0.39, 0.29) is 16.7 Å². The first-order chi connectivity index (χ1) is 9.38. The van der Waals surface area contributed by atoms with Gasteiger partial charge in [-0.3, -0.25) is 4.79 Å². The van der Waals surface area contributed by atoms with Crippen LogP contribution in [0.4, 0.5) is 5.69 Å². The summed E-state index contributed by atoms with van der Waals surface area (Å²) in [5, 5.41) is 7.83. The van der Waals surface area contributed by atoms with Crippen molar-refractivity contribution < 1.29 is 17.9 Å². The Bertz CT molecular complexity index is 612. The number of nitrogens with two attached hydrogens (primary N) is 1. The molecule has 0 saturated carbocycles. The number of sulfonamides is 1. The van der Waals surface area contributed by atoms with Gasteiger partial charge in [0.1, 0.15) is 0 Å². The highest BCUT2D eigenvalue weighted by atomic mass is 79.9. The van der Waals surface area contributed by atoms with Crippen molar-refractivity contribution in [2.45, 2.75) is 17.7 Å². The number of halogens is 1. The second-order valence-corrected chi connectivity index (χ2v) is 6.98. The van der Waals surface area contributed by atoms with Crippen LogP contribution in [0.15, 0.2) is 27.6 Å². The summed E-state index contributed by atoms with van der Waals surface area (Å²) in [6.45, 7) is 1.17. The molecular formula is C12H15BrN2O4S. The molecule has 1 aromatic carbocycles. The smallest absolute Gasteiger partial charge is 0.238 e. The van der Waals surface area contributed by atoms with Gasteiger partial charge in [-0.15, -0.1) is 0 Å². The number of nitrogens with one attached hydrogen (secondary N) is 1.